The molecule has 1 N–H and O–H groups in total. The number of carbonyl (C=O) groups is 1. The van der Waals surface area contributed by atoms with E-state index in [-0.39, 0.29) is 11.9 Å². The zero-order valence-corrected chi connectivity index (χ0v) is 12.3. The predicted octanol–water partition coefficient (Wildman–Crippen LogP) is 2.86. The van der Waals surface area contributed by atoms with E-state index in [1.54, 1.807) is 6.92 Å². The summed E-state index contributed by atoms with van der Waals surface area (Å²) in [6.45, 7) is 5.26. The Morgan fingerprint density at radius 1 is 1.56 bits per heavy atom. The van der Waals surface area contributed by atoms with Crippen molar-refractivity contribution in [2.75, 3.05) is 18.0 Å². The van der Waals surface area contributed by atoms with Gasteiger partial charge in [0.2, 0.25) is 0 Å². The Balaban J connectivity index is 2.16. The number of rotatable bonds is 3. The molecule has 0 spiro atoms. The second-order valence-corrected chi connectivity index (χ2v) is 5.81. The summed E-state index contributed by atoms with van der Waals surface area (Å²) in [5, 5.41) is 9.61. The van der Waals surface area contributed by atoms with E-state index in [1.165, 1.54) is 0 Å². The largest absolute Gasteiger partial charge is 0.393 e. The van der Waals surface area contributed by atoms with Gasteiger partial charge < -0.3 is 10.0 Å². The van der Waals surface area contributed by atoms with E-state index in [1.807, 2.05) is 25.1 Å². The number of hydrogen-bond donors (Lipinski definition) is 1. The van der Waals surface area contributed by atoms with Crippen molar-refractivity contribution in [2.24, 2.45) is 5.92 Å². The lowest BCUT2D eigenvalue weighted by Crippen LogP contribution is -2.23. The minimum Gasteiger partial charge on any atom is -0.393 e. The lowest BCUT2D eigenvalue weighted by molar-refractivity contribution is 0.101. The van der Waals surface area contributed by atoms with Gasteiger partial charge >= 0.3 is 0 Å². The van der Waals surface area contributed by atoms with Gasteiger partial charge in [0.05, 0.1) is 6.10 Å². The van der Waals surface area contributed by atoms with Crippen LogP contribution in [0.15, 0.2) is 22.7 Å². The van der Waals surface area contributed by atoms with Crippen molar-refractivity contribution in [1.29, 1.82) is 0 Å². The maximum atomic E-state index is 11.4. The first-order valence-electron chi connectivity index (χ1n) is 6.22. The third-order valence-electron chi connectivity index (χ3n) is 3.60. The van der Waals surface area contributed by atoms with Crippen LogP contribution in [-0.4, -0.2) is 30.1 Å². The minimum absolute atomic E-state index is 0.0664. The second-order valence-electron chi connectivity index (χ2n) is 4.96. The van der Waals surface area contributed by atoms with E-state index in [4.69, 9.17) is 0 Å². The maximum Gasteiger partial charge on any atom is 0.160 e. The van der Waals surface area contributed by atoms with Gasteiger partial charge in [0.1, 0.15) is 0 Å². The standard InChI is InChI=1S/C14H18BrNO2/c1-9(17)11-5-6-16(8-11)12-3-4-13(10(2)18)14(15)7-12/h3-4,7,9,11,17H,5-6,8H2,1-2H3. The highest BCUT2D eigenvalue weighted by Crippen LogP contribution is 2.29. The molecule has 1 aliphatic heterocycles. The molecule has 1 aliphatic rings. The van der Waals surface area contributed by atoms with Crippen molar-refractivity contribution >= 4 is 27.4 Å². The van der Waals surface area contributed by atoms with Gasteiger partial charge in [0, 0.05) is 34.7 Å². The van der Waals surface area contributed by atoms with E-state index in [0.717, 1.165) is 29.7 Å². The van der Waals surface area contributed by atoms with Crippen LogP contribution in [-0.2, 0) is 0 Å². The molecule has 0 aromatic heterocycles. The first-order valence-corrected chi connectivity index (χ1v) is 7.02. The van der Waals surface area contributed by atoms with Crippen molar-refractivity contribution in [3.05, 3.63) is 28.2 Å². The highest BCUT2D eigenvalue weighted by molar-refractivity contribution is 9.10. The third-order valence-corrected chi connectivity index (χ3v) is 4.26. The summed E-state index contributed by atoms with van der Waals surface area (Å²) in [4.78, 5) is 13.6. The van der Waals surface area contributed by atoms with Crippen LogP contribution in [0.3, 0.4) is 0 Å². The maximum absolute atomic E-state index is 11.4. The van der Waals surface area contributed by atoms with Crippen LogP contribution in [0.4, 0.5) is 5.69 Å². The highest BCUT2D eigenvalue weighted by atomic mass is 79.9. The zero-order chi connectivity index (χ0) is 13.3. The molecule has 0 radical (unpaired) electrons. The minimum atomic E-state index is -0.255. The van der Waals surface area contributed by atoms with E-state index < -0.39 is 0 Å². The number of Topliss-reactive ketones (excluding diaryl/α,β-unsaturated/α-hetero) is 1. The van der Waals surface area contributed by atoms with Crippen LogP contribution in [0.25, 0.3) is 0 Å². The lowest BCUT2D eigenvalue weighted by Gasteiger charge is -2.20. The van der Waals surface area contributed by atoms with Crippen molar-refractivity contribution < 1.29 is 9.90 Å². The van der Waals surface area contributed by atoms with Crippen molar-refractivity contribution in [3.63, 3.8) is 0 Å². The molecule has 98 valence electrons. The molecule has 1 fully saturated rings. The van der Waals surface area contributed by atoms with Crippen LogP contribution >= 0.6 is 15.9 Å². The van der Waals surface area contributed by atoms with Gasteiger partial charge in [0.15, 0.2) is 5.78 Å². The summed E-state index contributed by atoms with van der Waals surface area (Å²) in [5.74, 6) is 0.410. The summed E-state index contributed by atoms with van der Waals surface area (Å²) in [7, 11) is 0. The number of aliphatic hydroxyl groups excluding tert-OH is 1. The Morgan fingerprint density at radius 3 is 2.78 bits per heavy atom. The number of carbonyl (C=O) groups excluding carboxylic acids is 1. The van der Waals surface area contributed by atoms with Crippen molar-refractivity contribution in [2.45, 2.75) is 26.4 Å². The Hall–Kier alpha value is -0.870. The van der Waals surface area contributed by atoms with E-state index in [0.29, 0.717) is 11.5 Å². The number of halogens is 1. The molecule has 0 bridgehead atoms. The summed E-state index contributed by atoms with van der Waals surface area (Å²) >= 11 is 3.44. The molecular formula is C14H18BrNO2. The van der Waals surface area contributed by atoms with Crippen molar-refractivity contribution in [1.82, 2.24) is 0 Å². The second kappa shape index (κ2) is 5.41. The molecule has 2 rings (SSSR count). The van der Waals surface area contributed by atoms with Gasteiger partial charge in [-0.05, 0) is 54.4 Å². The van der Waals surface area contributed by atoms with E-state index in [9.17, 15) is 9.90 Å². The van der Waals surface area contributed by atoms with Crippen LogP contribution in [0.1, 0.15) is 30.6 Å². The smallest absolute Gasteiger partial charge is 0.160 e. The molecule has 3 nitrogen and oxygen atoms in total. The SMILES string of the molecule is CC(=O)c1ccc(N2CCC(C(C)O)C2)cc1Br. The number of aliphatic hydroxyl groups is 1. The number of anilines is 1. The molecule has 4 heteroatoms. The zero-order valence-electron chi connectivity index (χ0n) is 10.7. The van der Waals surface area contributed by atoms with Gasteiger partial charge in [-0.25, -0.2) is 0 Å². The Kier molecular flexibility index (Phi) is 4.07. The van der Waals surface area contributed by atoms with Gasteiger partial charge in [-0.3, -0.25) is 4.79 Å². The molecule has 2 unspecified atom stereocenters. The fraction of sp³-hybridized carbons (Fsp3) is 0.500. The Labute approximate surface area is 116 Å². The number of hydrogen-bond acceptors (Lipinski definition) is 3. The lowest BCUT2D eigenvalue weighted by atomic mass is 10.0. The van der Waals surface area contributed by atoms with Crippen LogP contribution in [0.5, 0.6) is 0 Å². The molecule has 0 aliphatic carbocycles. The third kappa shape index (κ3) is 2.75. The van der Waals surface area contributed by atoms with Crippen molar-refractivity contribution in [3.8, 4) is 0 Å². The monoisotopic (exact) mass is 311 g/mol. The molecule has 1 aromatic carbocycles. The van der Waals surface area contributed by atoms with Crippen LogP contribution < -0.4 is 4.90 Å². The fourth-order valence-corrected chi connectivity index (χ4v) is 3.05. The number of ketones is 1. The molecule has 2 atom stereocenters. The first kappa shape index (κ1) is 13.6. The summed E-state index contributed by atoms with van der Waals surface area (Å²) < 4.78 is 0.841. The molecule has 1 saturated heterocycles. The van der Waals surface area contributed by atoms with Gasteiger partial charge in [-0.1, -0.05) is 0 Å². The molecule has 18 heavy (non-hydrogen) atoms. The summed E-state index contributed by atoms with van der Waals surface area (Å²) in [6.07, 6.45) is 0.763. The highest BCUT2D eigenvalue weighted by Gasteiger charge is 2.26. The summed E-state index contributed by atoms with van der Waals surface area (Å²) in [5.41, 5.74) is 1.82. The normalized spacial score (nSPS) is 21.1. The van der Waals surface area contributed by atoms with Gasteiger partial charge in [-0.2, -0.15) is 0 Å². The van der Waals surface area contributed by atoms with Crippen LogP contribution in [0.2, 0.25) is 0 Å². The Morgan fingerprint density at radius 2 is 2.28 bits per heavy atom. The van der Waals surface area contributed by atoms with Gasteiger partial charge in [-0.15, -0.1) is 0 Å². The summed E-state index contributed by atoms with van der Waals surface area (Å²) in [6, 6.07) is 5.82. The first-order chi connectivity index (χ1) is 8.49. The topological polar surface area (TPSA) is 40.5 Å². The average Bonchev–Trinajstić information content (AvgIpc) is 2.77. The fourth-order valence-electron chi connectivity index (χ4n) is 2.40. The van der Waals surface area contributed by atoms with E-state index in [2.05, 4.69) is 20.8 Å². The number of benzene rings is 1. The number of nitrogens with zero attached hydrogens (tertiary/aromatic N) is 1. The average molecular weight is 312 g/mol. The van der Waals surface area contributed by atoms with E-state index >= 15 is 0 Å². The quantitative estimate of drug-likeness (QED) is 0.873. The molecule has 0 amide bonds. The van der Waals surface area contributed by atoms with Crippen LogP contribution in [0, 0.1) is 5.92 Å². The molecule has 1 heterocycles. The molecular weight excluding hydrogens is 294 g/mol. The molecule has 1 aromatic rings. The van der Waals surface area contributed by atoms with Gasteiger partial charge in [0.25, 0.3) is 0 Å². The Bertz CT molecular complexity index is 459. The molecule has 0 saturated carbocycles. The predicted molar refractivity (Wildman–Crippen MR) is 76.1 cm³/mol.